The zero-order chi connectivity index (χ0) is 17.5. The standard InChI is InChI=1S/C19H17N3O3/c23-22(24)19-6-2-1-5-18(19)21-13-15-7-9-17(10-8-15)25-14-16-4-3-11-20-12-16/h1-12,21H,13-14H2. The summed E-state index contributed by atoms with van der Waals surface area (Å²) < 4.78 is 5.71. The van der Waals surface area contributed by atoms with Gasteiger partial charge in [-0.25, -0.2) is 0 Å². The first kappa shape index (κ1) is 16.4. The summed E-state index contributed by atoms with van der Waals surface area (Å²) in [5.41, 5.74) is 2.58. The summed E-state index contributed by atoms with van der Waals surface area (Å²) in [6, 6.07) is 18.1. The number of nitrogens with one attached hydrogen (secondary N) is 1. The Balaban J connectivity index is 1.57. The molecule has 1 N–H and O–H groups in total. The zero-order valence-corrected chi connectivity index (χ0v) is 13.5. The molecule has 126 valence electrons. The molecule has 0 unspecified atom stereocenters. The third kappa shape index (κ3) is 4.54. The highest BCUT2D eigenvalue weighted by molar-refractivity contribution is 5.61. The third-order valence-corrected chi connectivity index (χ3v) is 3.64. The Hall–Kier alpha value is -3.41. The summed E-state index contributed by atoms with van der Waals surface area (Å²) in [5.74, 6) is 0.762. The molecule has 3 aromatic rings. The van der Waals surface area contributed by atoms with Gasteiger partial charge < -0.3 is 10.1 Å². The molecular formula is C19H17N3O3. The lowest BCUT2D eigenvalue weighted by molar-refractivity contribution is -0.384. The van der Waals surface area contributed by atoms with Gasteiger partial charge in [-0.2, -0.15) is 0 Å². The number of para-hydroxylation sites is 2. The number of aromatic nitrogens is 1. The minimum absolute atomic E-state index is 0.0684. The Morgan fingerprint density at radius 1 is 1.00 bits per heavy atom. The van der Waals surface area contributed by atoms with Crippen LogP contribution < -0.4 is 10.1 Å². The van der Waals surface area contributed by atoms with Crippen molar-refractivity contribution in [3.8, 4) is 5.75 Å². The van der Waals surface area contributed by atoms with Gasteiger partial charge in [0.25, 0.3) is 5.69 Å². The number of ether oxygens (including phenoxy) is 1. The molecule has 0 aliphatic carbocycles. The molecule has 6 nitrogen and oxygen atoms in total. The molecule has 2 aromatic carbocycles. The molecule has 6 heteroatoms. The van der Waals surface area contributed by atoms with Crippen molar-refractivity contribution in [1.82, 2.24) is 4.98 Å². The van der Waals surface area contributed by atoms with Crippen molar-refractivity contribution in [2.45, 2.75) is 13.2 Å². The molecule has 25 heavy (non-hydrogen) atoms. The molecule has 0 aliphatic rings. The molecule has 0 atom stereocenters. The van der Waals surface area contributed by atoms with E-state index in [0.29, 0.717) is 18.8 Å². The van der Waals surface area contributed by atoms with E-state index < -0.39 is 4.92 Å². The highest BCUT2D eigenvalue weighted by Gasteiger charge is 2.11. The second kappa shape index (κ2) is 7.92. The van der Waals surface area contributed by atoms with Crippen LogP contribution in [0.1, 0.15) is 11.1 Å². The first-order chi connectivity index (χ1) is 12.2. The van der Waals surface area contributed by atoms with Crippen molar-refractivity contribution in [1.29, 1.82) is 0 Å². The predicted octanol–water partition coefficient (Wildman–Crippen LogP) is 4.18. The molecule has 3 rings (SSSR count). The molecule has 0 saturated heterocycles. The van der Waals surface area contributed by atoms with Crippen LogP contribution in [-0.4, -0.2) is 9.91 Å². The van der Waals surface area contributed by atoms with E-state index in [9.17, 15) is 10.1 Å². The summed E-state index contributed by atoms with van der Waals surface area (Å²) >= 11 is 0. The van der Waals surface area contributed by atoms with E-state index >= 15 is 0 Å². The van der Waals surface area contributed by atoms with Crippen molar-refractivity contribution in [2.24, 2.45) is 0 Å². The van der Waals surface area contributed by atoms with Crippen LogP contribution in [0, 0.1) is 10.1 Å². The quantitative estimate of drug-likeness (QED) is 0.518. The SMILES string of the molecule is O=[N+]([O-])c1ccccc1NCc1ccc(OCc2cccnc2)cc1. The first-order valence-electron chi connectivity index (χ1n) is 7.80. The van der Waals surface area contributed by atoms with E-state index in [-0.39, 0.29) is 5.69 Å². The van der Waals surface area contributed by atoms with Crippen LogP contribution in [0.25, 0.3) is 0 Å². The van der Waals surface area contributed by atoms with E-state index in [4.69, 9.17) is 4.74 Å². The Labute approximate surface area is 145 Å². The fourth-order valence-electron chi connectivity index (χ4n) is 2.33. The lowest BCUT2D eigenvalue weighted by Crippen LogP contribution is -2.02. The van der Waals surface area contributed by atoms with Gasteiger partial charge in [-0.3, -0.25) is 15.1 Å². The molecule has 1 aromatic heterocycles. The number of pyridine rings is 1. The predicted molar refractivity (Wildman–Crippen MR) is 95.4 cm³/mol. The van der Waals surface area contributed by atoms with Crippen molar-refractivity contribution >= 4 is 11.4 Å². The number of nitro groups is 1. The van der Waals surface area contributed by atoms with Gasteiger partial charge in [0.2, 0.25) is 0 Å². The van der Waals surface area contributed by atoms with Crippen LogP contribution in [0.5, 0.6) is 5.75 Å². The zero-order valence-electron chi connectivity index (χ0n) is 13.5. The van der Waals surface area contributed by atoms with Gasteiger partial charge in [0.15, 0.2) is 0 Å². The molecule has 0 spiro atoms. The fourth-order valence-corrected chi connectivity index (χ4v) is 2.33. The number of benzene rings is 2. The lowest BCUT2D eigenvalue weighted by atomic mass is 10.2. The molecule has 0 fully saturated rings. The largest absolute Gasteiger partial charge is 0.489 e. The van der Waals surface area contributed by atoms with E-state index in [1.54, 1.807) is 30.6 Å². The number of nitro benzene ring substituents is 1. The van der Waals surface area contributed by atoms with Gasteiger partial charge in [-0.1, -0.05) is 30.3 Å². The third-order valence-electron chi connectivity index (χ3n) is 3.64. The molecule has 0 saturated carbocycles. The summed E-state index contributed by atoms with van der Waals surface area (Å²) in [5, 5.41) is 14.1. The molecular weight excluding hydrogens is 318 g/mol. The molecule has 0 bridgehead atoms. The van der Waals surface area contributed by atoms with Crippen LogP contribution in [0.2, 0.25) is 0 Å². The van der Waals surface area contributed by atoms with E-state index in [2.05, 4.69) is 10.3 Å². The molecule has 1 heterocycles. The highest BCUT2D eigenvalue weighted by atomic mass is 16.6. The van der Waals surface area contributed by atoms with Crippen molar-refractivity contribution in [3.05, 3.63) is 94.3 Å². The van der Waals surface area contributed by atoms with Gasteiger partial charge in [0, 0.05) is 30.6 Å². The molecule has 0 aliphatic heterocycles. The van der Waals surface area contributed by atoms with Gasteiger partial charge in [0.1, 0.15) is 18.0 Å². The van der Waals surface area contributed by atoms with Crippen LogP contribution in [0.15, 0.2) is 73.1 Å². The van der Waals surface area contributed by atoms with Gasteiger partial charge in [-0.05, 0) is 29.8 Å². The number of hydrogen-bond donors (Lipinski definition) is 1. The van der Waals surface area contributed by atoms with E-state index in [1.165, 1.54) is 6.07 Å². The first-order valence-corrected chi connectivity index (χ1v) is 7.80. The topological polar surface area (TPSA) is 77.3 Å². The van der Waals surface area contributed by atoms with E-state index in [0.717, 1.165) is 16.9 Å². The second-order valence-corrected chi connectivity index (χ2v) is 5.42. The van der Waals surface area contributed by atoms with Gasteiger partial charge in [0.05, 0.1) is 4.92 Å². The Morgan fingerprint density at radius 2 is 1.80 bits per heavy atom. The monoisotopic (exact) mass is 335 g/mol. The summed E-state index contributed by atoms with van der Waals surface area (Å²) in [6.45, 7) is 0.954. The Kier molecular flexibility index (Phi) is 5.21. The average Bonchev–Trinajstić information content (AvgIpc) is 2.66. The Bertz CT molecular complexity index is 836. The second-order valence-electron chi connectivity index (χ2n) is 5.42. The summed E-state index contributed by atoms with van der Waals surface area (Å²) in [6.07, 6.45) is 3.49. The maximum Gasteiger partial charge on any atom is 0.292 e. The van der Waals surface area contributed by atoms with Crippen LogP contribution >= 0.6 is 0 Å². The average molecular weight is 335 g/mol. The normalized spacial score (nSPS) is 10.2. The van der Waals surface area contributed by atoms with Crippen molar-refractivity contribution < 1.29 is 9.66 Å². The fraction of sp³-hybridized carbons (Fsp3) is 0.105. The number of anilines is 1. The molecule has 0 amide bonds. The van der Waals surface area contributed by atoms with Crippen molar-refractivity contribution in [3.63, 3.8) is 0 Å². The smallest absolute Gasteiger partial charge is 0.292 e. The van der Waals surface area contributed by atoms with E-state index in [1.807, 2.05) is 36.4 Å². The van der Waals surface area contributed by atoms with Crippen LogP contribution in [0.3, 0.4) is 0 Å². The minimum atomic E-state index is -0.391. The molecule has 0 radical (unpaired) electrons. The van der Waals surface area contributed by atoms with Gasteiger partial charge >= 0.3 is 0 Å². The summed E-state index contributed by atoms with van der Waals surface area (Å²) in [4.78, 5) is 14.7. The highest BCUT2D eigenvalue weighted by Crippen LogP contribution is 2.24. The van der Waals surface area contributed by atoms with Crippen molar-refractivity contribution in [2.75, 3.05) is 5.32 Å². The Morgan fingerprint density at radius 3 is 2.52 bits per heavy atom. The number of nitrogens with zero attached hydrogens (tertiary/aromatic N) is 2. The minimum Gasteiger partial charge on any atom is -0.489 e. The number of rotatable bonds is 7. The lowest BCUT2D eigenvalue weighted by Gasteiger charge is -2.09. The van der Waals surface area contributed by atoms with Gasteiger partial charge in [-0.15, -0.1) is 0 Å². The number of hydrogen-bond acceptors (Lipinski definition) is 5. The maximum absolute atomic E-state index is 11.0. The summed E-state index contributed by atoms with van der Waals surface area (Å²) in [7, 11) is 0. The van der Waals surface area contributed by atoms with Crippen LogP contribution in [-0.2, 0) is 13.2 Å². The van der Waals surface area contributed by atoms with Crippen LogP contribution in [0.4, 0.5) is 11.4 Å². The maximum atomic E-state index is 11.0.